The van der Waals surface area contributed by atoms with Crippen LogP contribution in [0.1, 0.15) is 25.1 Å². The van der Waals surface area contributed by atoms with E-state index in [1.807, 2.05) is 18.2 Å². The molecule has 25 heavy (non-hydrogen) atoms. The van der Waals surface area contributed by atoms with Crippen molar-refractivity contribution < 1.29 is 20.1 Å². The van der Waals surface area contributed by atoms with Gasteiger partial charge in [-0.2, -0.15) is 0 Å². The highest BCUT2D eigenvalue weighted by Gasteiger charge is 2.53. The predicted octanol–water partition coefficient (Wildman–Crippen LogP) is 0.358. The van der Waals surface area contributed by atoms with Crippen LogP contribution >= 0.6 is 0 Å². The van der Waals surface area contributed by atoms with E-state index in [2.05, 4.69) is 9.97 Å². The lowest BCUT2D eigenvalue weighted by molar-refractivity contribution is -0.0948. The number of allylic oxidation sites excluding steroid dienone is 4. The molecule has 0 aromatic carbocycles. The third-order valence-corrected chi connectivity index (χ3v) is 4.94. The second-order valence-corrected chi connectivity index (χ2v) is 6.61. The molecule has 4 rings (SSSR count). The molecule has 4 atom stereocenters. The Labute approximate surface area is 143 Å². The number of hydrogen-bond donors (Lipinski definition) is 4. The lowest BCUT2D eigenvalue weighted by Gasteiger charge is -2.27. The van der Waals surface area contributed by atoms with Crippen molar-refractivity contribution in [2.75, 3.05) is 12.3 Å². The van der Waals surface area contributed by atoms with Crippen molar-refractivity contribution in [2.24, 2.45) is 0 Å². The van der Waals surface area contributed by atoms with Gasteiger partial charge in [0.15, 0.2) is 6.23 Å². The molecule has 2 aromatic heterocycles. The molecule has 5 N–H and O–H groups in total. The Morgan fingerprint density at radius 3 is 2.88 bits per heavy atom. The molecule has 0 bridgehead atoms. The van der Waals surface area contributed by atoms with Crippen LogP contribution in [0.5, 0.6) is 0 Å². The van der Waals surface area contributed by atoms with E-state index in [1.54, 1.807) is 10.8 Å². The number of aliphatic hydroxyl groups excluding tert-OH is 2. The molecule has 0 radical (unpaired) electrons. The Morgan fingerprint density at radius 2 is 2.24 bits per heavy atom. The summed E-state index contributed by atoms with van der Waals surface area (Å²) >= 11 is 0. The van der Waals surface area contributed by atoms with Crippen molar-refractivity contribution in [3.8, 4) is 0 Å². The lowest BCUT2D eigenvalue weighted by Crippen LogP contribution is -2.44. The molecule has 2 aliphatic rings. The van der Waals surface area contributed by atoms with Crippen molar-refractivity contribution in [1.82, 2.24) is 14.5 Å². The van der Waals surface area contributed by atoms with Gasteiger partial charge >= 0.3 is 0 Å². The van der Waals surface area contributed by atoms with Crippen LogP contribution < -0.4 is 5.73 Å². The monoisotopic (exact) mass is 344 g/mol. The van der Waals surface area contributed by atoms with Crippen molar-refractivity contribution >= 4 is 22.4 Å². The Balaban J connectivity index is 1.90. The summed E-state index contributed by atoms with van der Waals surface area (Å²) in [4.78, 5) is 8.38. The molecule has 1 saturated heterocycles. The third kappa shape index (κ3) is 2.30. The second-order valence-electron chi connectivity index (χ2n) is 6.61. The van der Waals surface area contributed by atoms with Gasteiger partial charge in [-0.1, -0.05) is 18.2 Å². The molecule has 0 amide bonds. The highest BCUT2D eigenvalue weighted by molar-refractivity contribution is 5.98. The standard InChI is InChI=1S/C17H20N4O4/c1-17(24)13(23)11(7-22)25-16(17)21-6-10(9-4-2-3-5-9)12-14(18)19-8-20-15(12)21/h2-4,6,8,11,13,16,22-24H,5,7H2,1H3,(H2,18,19,20)/t11-,13?,16-,17-/m1/s1. The predicted molar refractivity (Wildman–Crippen MR) is 91.3 cm³/mol. The van der Waals surface area contributed by atoms with Gasteiger partial charge in [0.05, 0.1) is 12.0 Å². The molecule has 1 fully saturated rings. The molecule has 0 saturated carbocycles. The highest BCUT2D eigenvalue weighted by atomic mass is 16.6. The van der Waals surface area contributed by atoms with Crippen molar-refractivity contribution in [3.63, 3.8) is 0 Å². The number of anilines is 1. The number of ether oxygens (including phenoxy) is 1. The Kier molecular flexibility index (Phi) is 3.66. The SMILES string of the molecule is C[C@@]1(O)C(O)[C@@H](CO)O[C@H]1n1cc(C2=CC=CC2)c2c(N)ncnc21. The van der Waals surface area contributed by atoms with Gasteiger partial charge < -0.3 is 30.4 Å². The van der Waals surface area contributed by atoms with E-state index < -0.39 is 30.6 Å². The molecule has 1 aliphatic carbocycles. The zero-order valence-corrected chi connectivity index (χ0v) is 13.7. The van der Waals surface area contributed by atoms with Crippen LogP contribution in [0.4, 0.5) is 5.82 Å². The molecule has 0 spiro atoms. The average molecular weight is 344 g/mol. The van der Waals surface area contributed by atoms with Crippen LogP contribution in [0.2, 0.25) is 0 Å². The summed E-state index contributed by atoms with van der Waals surface area (Å²) < 4.78 is 7.38. The smallest absolute Gasteiger partial charge is 0.167 e. The van der Waals surface area contributed by atoms with Gasteiger partial charge in [-0.05, 0) is 18.9 Å². The minimum atomic E-state index is -1.60. The summed E-state index contributed by atoms with van der Waals surface area (Å²) in [6, 6.07) is 0. The molecular formula is C17H20N4O4. The fourth-order valence-electron chi connectivity index (χ4n) is 3.57. The Morgan fingerprint density at radius 1 is 1.44 bits per heavy atom. The maximum Gasteiger partial charge on any atom is 0.167 e. The summed E-state index contributed by atoms with van der Waals surface area (Å²) in [7, 11) is 0. The molecule has 1 aliphatic heterocycles. The number of nitrogens with zero attached hydrogens (tertiary/aromatic N) is 3. The van der Waals surface area contributed by atoms with Gasteiger partial charge in [-0.15, -0.1) is 0 Å². The summed E-state index contributed by atoms with van der Waals surface area (Å²) in [5, 5.41) is 31.1. The molecule has 3 heterocycles. The maximum atomic E-state index is 10.8. The van der Waals surface area contributed by atoms with Crippen molar-refractivity contribution in [1.29, 1.82) is 0 Å². The molecule has 2 aromatic rings. The second kappa shape index (κ2) is 5.63. The first-order valence-electron chi connectivity index (χ1n) is 8.09. The molecule has 132 valence electrons. The fourth-order valence-corrected chi connectivity index (χ4v) is 3.57. The first kappa shape index (κ1) is 16.2. The number of nitrogen functional groups attached to an aromatic ring is 1. The van der Waals surface area contributed by atoms with Gasteiger partial charge in [0, 0.05) is 11.8 Å². The number of hydrogen-bond acceptors (Lipinski definition) is 7. The summed E-state index contributed by atoms with van der Waals surface area (Å²) in [6.45, 7) is 1.08. The van der Waals surface area contributed by atoms with Crippen LogP contribution in [0.15, 0.2) is 30.8 Å². The number of nitrogens with two attached hydrogens (primary N) is 1. The summed E-state index contributed by atoms with van der Waals surface area (Å²) in [5.41, 5.74) is 6.91. The van der Waals surface area contributed by atoms with Crippen LogP contribution in [-0.4, -0.2) is 54.3 Å². The zero-order valence-electron chi connectivity index (χ0n) is 13.7. The van der Waals surface area contributed by atoms with E-state index in [9.17, 15) is 15.3 Å². The first-order valence-corrected chi connectivity index (χ1v) is 8.09. The normalized spacial score (nSPS) is 31.8. The van der Waals surface area contributed by atoms with Crippen molar-refractivity contribution in [2.45, 2.75) is 37.4 Å². The summed E-state index contributed by atoms with van der Waals surface area (Å²) in [5.74, 6) is 0.337. The number of rotatable bonds is 3. The van der Waals surface area contributed by atoms with E-state index >= 15 is 0 Å². The number of aliphatic hydroxyl groups is 3. The van der Waals surface area contributed by atoms with Crippen LogP contribution in [0, 0.1) is 0 Å². The lowest BCUT2D eigenvalue weighted by atomic mass is 9.96. The van der Waals surface area contributed by atoms with E-state index in [1.165, 1.54) is 13.3 Å². The molecular weight excluding hydrogens is 324 g/mol. The van der Waals surface area contributed by atoms with Crippen LogP contribution in [-0.2, 0) is 4.74 Å². The minimum Gasteiger partial charge on any atom is -0.394 e. The topological polar surface area (TPSA) is 127 Å². The Hall–Kier alpha value is -2.26. The van der Waals surface area contributed by atoms with Gasteiger partial charge in [0.25, 0.3) is 0 Å². The van der Waals surface area contributed by atoms with Gasteiger partial charge in [0.2, 0.25) is 0 Å². The van der Waals surface area contributed by atoms with Crippen molar-refractivity contribution in [3.05, 3.63) is 36.3 Å². The van der Waals surface area contributed by atoms with E-state index in [0.717, 1.165) is 17.6 Å². The largest absolute Gasteiger partial charge is 0.394 e. The molecule has 1 unspecified atom stereocenters. The van der Waals surface area contributed by atoms with Gasteiger partial charge in [-0.25, -0.2) is 9.97 Å². The first-order chi connectivity index (χ1) is 11.9. The third-order valence-electron chi connectivity index (χ3n) is 4.94. The minimum absolute atomic E-state index is 0.337. The van der Waals surface area contributed by atoms with Crippen LogP contribution in [0.25, 0.3) is 16.6 Å². The maximum absolute atomic E-state index is 10.8. The fraction of sp³-hybridized carbons (Fsp3) is 0.412. The zero-order chi connectivity index (χ0) is 17.8. The van der Waals surface area contributed by atoms with Gasteiger partial charge in [-0.3, -0.25) is 0 Å². The number of fused-ring (bicyclic) bond motifs is 1. The summed E-state index contributed by atoms with van der Waals surface area (Å²) in [6.07, 6.45) is 6.88. The van der Waals surface area contributed by atoms with Crippen LogP contribution in [0.3, 0.4) is 0 Å². The average Bonchev–Trinajstić information content (AvgIpc) is 3.27. The van der Waals surface area contributed by atoms with E-state index in [4.69, 9.17) is 10.5 Å². The highest BCUT2D eigenvalue weighted by Crippen LogP contribution is 2.42. The Bertz CT molecular complexity index is 886. The number of aromatic nitrogens is 3. The molecule has 8 heteroatoms. The molecule has 8 nitrogen and oxygen atoms in total. The quantitative estimate of drug-likeness (QED) is 0.633. The van der Waals surface area contributed by atoms with E-state index in [-0.39, 0.29) is 0 Å². The van der Waals surface area contributed by atoms with Gasteiger partial charge in [0.1, 0.15) is 35.6 Å². The van der Waals surface area contributed by atoms with E-state index in [0.29, 0.717) is 16.9 Å².